The Morgan fingerprint density at radius 3 is 2.31 bits per heavy atom. The van der Waals surface area contributed by atoms with Crippen molar-refractivity contribution in [2.75, 3.05) is 0 Å². The minimum absolute atomic E-state index is 0.320. The van der Waals surface area contributed by atoms with E-state index in [4.69, 9.17) is 10.1 Å². The average Bonchev–Trinajstić information content (AvgIpc) is 2.25. The number of hydrogen-bond donors (Lipinski definition) is 1. The van der Waals surface area contributed by atoms with Crippen molar-refractivity contribution in [1.29, 1.82) is 5.26 Å². The van der Waals surface area contributed by atoms with E-state index in [-0.39, 0.29) is 5.91 Å². The third-order valence-corrected chi connectivity index (χ3v) is 1.73. The fraction of sp³-hybridized carbons (Fsp3) is 0.333. The van der Waals surface area contributed by atoms with Crippen LogP contribution in [0.1, 0.15) is 36.7 Å². The van der Waals surface area contributed by atoms with Gasteiger partial charge in [0.15, 0.2) is 0 Å². The van der Waals surface area contributed by atoms with Crippen molar-refractivity contribution >= 4 is 5.91 Å². The number of nitrogens with one attached hydrogen (secondary N) is 1. The van der Waals surface area contributed by atoms with Gasteiger partial charge in [0.25, 0.3) is 5.91 Å². The first-order valence-electron chi connectivity index (χ1n) is 4.91. The Hall–Kier alpha value is -1.86. The quantitative estimate of drug-likeness (QED) is 0.772. The Labute approximate surface area is 94.8 Å². The van der Waals surface area contributed by atoms with Gasteiger partial charge in [-0.05, 0) is 45.0 Å². The van der Waals surface area contributed by atoms with Crippen molar-refractivity contribution in [3.8, 4) is 6.07 Å². The van der Waals surface area contributed by atoms with Crippen LogP contribution < -0.4 is 5.48 Å². The Balaban J connectivity index is 2.64. The molecule has 4 nitrogen and oxygen atoms in total. The molecule has 1 aromatic rings. The van der Waals surface area contributed by atoms with E-state index in [1.54, 1.807) is 24.3 Å². The highest BCUT2D eigenvalue weighted by atomic mass is 16.7. The second-order valence-corrected chi connectivity index (χ2v) is 4.33. The minimum atomic E-state index is -0.428. The SMILES string of the molecule is CC(C)(C)ONC(=O)c1ccc(C#N)cc1. The standard InChI is InChI=1S/C12H14N2O2/c1-12(2,3)16-14-11(15)10-6-4-9(8-13)5-7-10/h4-7H,1-3H3,(H,14,15). The lowest BCUT2D eigenvalue weighted by molar-refractivity contribution is -0.0589. The van der Waals surface area contributed by atoms with Crippen LogP contribution in [0.5, 0.6) is 0 Å². The van der Waals surface area contributed by atoms with Crippen LogP contribution in [-0.4, -0.2) is 11.5 Å². The summed E-state index contributed by atoms with van der Waals surface area (Å²) in [7, 11) is 0. The van der Waals surface area contributed by atoms with Crippen LogP contribution in [-0.2, 0) is 4.84 Å². The molecule has 0 heterocycles. The molecule has 0 aliphatic heterocycles. The molecule has 0 aliphatic rings. The first-order valence-corrected chi connectivity index (χ1v) is 4.91. The fourth-order valence-corrected chi connectivity index (χ4v) is 0.955. The second-order valence-electron chi connectivity index (χ2n) is 4.33. The van der Waals surface area contributed by atoms with E-state index in [1.165, 1.54) is 0 Å². The molecule has 0 aliphatic carbocycles. The lowest BCUT2D eigenvalue weighted by atomic mass is 10.1. The Bertz CT molecular complexity index is 410. The van der Waals surface area contributed by atoms with Crippen LogP contribution in [0.2, 0.25) is 0 Å². The van der Waals surface area contributed by atoms with Crippen molar-refractivity contribution < 1.29 is 9.63 Å². The van der Waals surface area contributed by atoms with Crippen LogP contribution in [0.25, 0.3) is 0 Å². The molecule has 0 spiro atoms. The van der Waals surface area contributed by atoms with Gasteiger partial charge in [-0.15, -0.1) is 0 Å². The summed E-state index contributed by atoms with van der Waals surface area (Å²) in [5.74, 6) is -0.320. The van der Waals surface area contributed by atoms with Gasteiger partial charge in [0.1, 0.15) is 0 Å². The third kappa shape index (κ3) is 3.71. The van der Waals surface area contributed by atoms with Gasteiger partial charge >= 0.3 is 0 Å². The molecule has 4 heteroatoms. The predicted octanol–water partition coefficient (Wildman–Crippen LogP) is 2.02. The highest BCUT2D eigenvalue weighted by Crippen LogP contribution is 2.06. The number of benzene rings is 1. The molecule has 0 atom stereocenters. The molecular formula is C12H14N2O2. The molecule has 0 unspecified atom stereocenters. The highest BCUT2D eigenvalue weighted by Gasteiger charge is 2.13. The van der Waals surface area contributed by atoms with Crippen molar-refractivity contribution in [1.82, 2.24) is 5.48 Å². The number of nitriles is 1. The van der Waals surface area contributed by atoms with E-state index in [0.29, 0.717) is 11.1 Å². The Kier molecular flexibility index (Phi) is 3.64. The van der Waals surface area contributed by atoms with Crippen molar-refractivity contribution in [2.24, 2.45) is 0 Å². The molecule has 84 valence electrons. The van der Waals surface area contributed by atoms with Crippen molar-refractivity contribution in [3.05, 3.63) is 35.4 Å². The van der Waals surface area contributed by atoms with E-state index in [9.17, 15) is 4.79 Å². The predicted molar refractivity (Wildman–Crippen MR) is 59.5 cm³/mol. The monoisotopic (exact) mass is 218 g/mol. The topological polar surface area (TPSA) is 62.1 Å². The van der Waals surface area contributed by atoms with E-state index < -0.39 is 5.60 Å². The molecule has 0 bridgehead atoms. The van der Waals surface area contributed by atoms with E-state index in [2.05, 4.69) is 5.48 Å². The largest absolute Gasteiger partial charge is 0.274 e. The number of hydroxylamine groups is 1. The number of nitrogens with zero attached hydrogens (tertiary/aromatic N) is 1. The number of carbonyl (C=O) groups is 1. The number of rotatable bonds is 2. The molecule has 0 fully saturated rings. The van der Waals surface area contributed by atoms with Gasteiger partial charge in [-0.3, -0.25) is 9.63 Å². The molecule has 1 amide bonds. The number of hydrogen-bond acceptors (Lipinski definition) is 3. The van der Waals surface area contributed by atoms with Crippen LogP contribution in [0.3, 0.4) is 0 Å². The molecule has 0 saturated heterocycles. The summed E-state index contributed by atoms with van der Waals surface area (Å²) >= 11 is 0. The van der Waals surface area contributed by atoms with Gasteiger partial charge in [-0.25, -0.2) is 5.48 Å². The number of amides is 1. The van der Waals surface area contributed by atoms with Gasteiger partial charge in [0.05, 0.1) is 17.2 Å². The van der Waals surface area contributed by atoms with E-state index in [1.807, 2.05) is 26.8 Å². The lowest BCUT2D eigenvalue weighted by Gasteiger charge is -2.18. The molecule has 0 saturated carbocycles. The molecule has 1 N–H and O–H groups in total. The molecule has 1 aromatic carbocycles. The maximum atomic E-state index is 11.6. The van der Waals surface area contributed by atoms with Gasteiger partial charge in [-0.2, -0.15) is 5.26 Å². The zero-order valence-electron chi connectivity index (χ0n) is 9.57. The third-order valence-electron chi connectivity index (χ3n) is 1.73. The van der Waals surface area contributed by atoms with Crippen LogP contribution in [0.15, 0.2) is 24.3 Å². The van der Waals surface area contributed by atoms with Crippen LogP contribution in [0, 0.1) is 11.3 Å². The summed E-state index contributed by atoms with van der Waals surface area (Å²) in [5.41, 5.74) is 2.91. The van der Waals surface area contributed by atoms with Crippen LogP contribution >= 0.6 is 0 Å². The highest BCUT2D eigenvalue weighted by molar-refractivity contribution is 5.93. The Morgan fingerprint density at radius 1 is 1.31 bits per heavy atom. The average molecular weight is 218 g/mol. The summed E-state index contributed by atoms with van der Waals surface area (Å²) in [6.07, 6.45) is 0. The van der Waals surface area contributed by atoms with Gasteiger partial charge in [0.2, 0.25) is 0 Å². The summed E-state index contributed by atoms with van der Waals surface area (Å²) in [5, 5.41) is 8.60. The zero-order chi connectivity index (χ0) is 12.2. The van der Waals surface area contributed by atoms with Crippen molar-refractivity contribution in [2.45, 2.75) is 26.4 Å². The first-order chi connectivity index (χ1) is 7.42. The summed E-state index contributed by atoms with van der Waals surface area (Å²) in [6.45, 7) is 5.52. The summed E-state index contributed by atoms with van der Waals surface area (Å²) < 4.78 is 0. The van der Waals surface area contributed by atoms with Gasteiger partial charge in [0, 0.05) is 5.56 Å². The maximum absolute atomic E-state index is 11.6. The van der Waals surface area contributed by atoms with Crippen molar-refractivity contribution in [3.63, 3.8) is 0 Å². The maximum Gasteiger partial charge on any atom is 0.274 e. The molecule has 1 rings (SSSR count). The summed E-state index contributed by atoms with van der Waals surface area (Å²) in [4.78, 5) is 16.7. The van der Waals surface area contributed by atoms with Gasteiger partial charge < -0.3 is 0 Å². The molecule has 16 heavy (non-hydrogen) atoms. The normalized spacial score (nSPS) is 10.6. The first kappa shape index (κ1) is 12.2. The van der Waals surface area contributed by atoms with E-state index in [0.717, 1.165) is 0 Å². The molecular weight excluding hydrogens is 204 g/mol. The smallest absolute Gasteiger partial charge is 0.268 e. The molecule has 0 radical (unpaired) electrons. The Morgan fingerprint density at radius 2 is 1.88 bits per heavy atom. The van der Waals surface area contributed by atoms with Crippen LogP contribution in [0.4, 0.5) is 0 Å². The second kappa shape index (κ2) is 4.77. The van der Waals surface area contributed by atoms with Gasteiger partial charge in [-0.1, -0.05) is 0 Å². The molecule has 0 aromatic heterocycles. The minimum Gasteiger partial charge on any atom is -0.268 e. The van der Waals surface area contributed by atoms with E-state index >= 15 is 0 Å². The lowest BCUT2D eigenvalue weighted by Crippen LogP contribution is -2.33. The fourth-order valence-electron chi connectivity index (χ4n) is 0.955. The summed E-state index contributed by atoms with van der Waals surface area (Å²) in [6, 6.07) is 8.33. The zero-order valence-corrected chi connectivity index (χ0v) is 9.57. The number of carbonyl (C=O) groups excluding carboxylic acids is 1.